The van der Waals surface area contributed by atoms with Crippen molar-refractivity contribution in [2.75, 3.05) is 13.7 Å². The molecule has 0 aliphatic rings. The first kappa shape index (κ1) is 18.7. The zero-order chi connectivity index (χ0) is 19.4. The van der Waals surface area contributed by atoms with Gasteiger partial charge >= 0.3 is 0 Å². The highest BCUT2D eigenvalue weighted by atomic mass is 19.1. The number of halogens is 1. The zero-order valence-corrected chi connectivity index (χ0v) is 15.7. The van der Waals surface area contributed by atoms with Crippen molar-refractivity contribution in [2.24, 2.45) is 0 Å². The van der Waals surface area contributed by atoms with Crippen molar-refractivity contribution in [1.29, 1.82) is 0 Å². The molecule has 0 aliphatic carbocycles. The Morgan fingerprint density at radius 1 is 1.26 bits per heavy atom. The molecule has 5 heteroatoms. The molecule has 0 spiro atoms. The number of ether oxygens (including phenoxy) is 1. The fourth-order valence-electron chi connectivity index (χ4n) is 3.24. The molecular formula is C22H23FN2O2. The Bertz CT molecular complexity index is 1000. The van der Waals surface area contributed by atoms with E-state index in [1.54, 1.807) is 19.3 Å². The van der Waals surface area contributed by atoms with Crippen LogP contribution >= 0.6 is 0 Å². The maximum atomic E-state index is 14.0. The molecule has 0 saturated carbocycles. The molecule has 2 aromatic carbocycles. The number of amides is 1. The summed E-state index contributed by atoms with van der Waals surface area (Å²) >= 11 is 0. The number of carbonyl (C=O) groups is 1. The summed E-state index contributed by atoms with van der Waals surface area (Å²) in [4.78, 5) is 15.2. The van der Waals surface area contributed by atoms with Gasteiger partial charge in [-0.3, -0.25) is 4.79 Å². The fourth-order valence-corrected chi connectivity index (χ4v) is 3.24. The molecule has 27 heavy (non-hydrogen) atoms. The summed E-state index contributed by atoms with van der Waals surface area (Å²) in [5, 5.41) is 3.79. The van der Waals surface area contributed by atoms with Crippen LogP contribution in [0.25, 0.3) is 17.0 Å². The number of hydrogen-bond donors (Lipinski definition) is 2. The Kier molecular flexibility index (Phi) is 5.60. The van der Waals surface area contributed by atoms with Crippen LogP contribution in [0.5, 0.6) is 5.75 Å². The molecule has 4 nitrogen and oxygen atoms in total. The molecule has 1 heterocycles. The lowest BCUT2D eigenvalue weighted by atomic mass is 10.0. The number of H-pyrrole nitrogens is 1. The van der Waals surface area contributed by atoms with Crippen LogP contribution < -0.4 is 10.1 Å². The lowest BCUT2D eigenvalue weighted by molar-refractivity contribution is -0.116. The molecule has 3 rings (SSSR count). The minimum absolute atomic E-state index is 0.168. The van der Waals surface area contributed by atoms with Gasteiger partial charge in [0.05, 0.1) is 12.6 Å². The average molecular weight is 366 g/mol. The van der Waals surface area contributed by atoms with E-state index in [1.807, 2.05) is 38.1 Å². The van der Waals surface area contributed by atoms with Gasteiger partial charge in [0.25, 0.3) is 0 Å². The summed E-state index contributed by atoms with van der Waals surface area (Å²) in [6.45, 7) is 4.37. The van der Waals surface area contributed by atoms with E-state index >= 15 is 0 Å². The maximum absolute atomic E-state index is 14.0. The lowest BCUT2D eigenvalue weighted by Gasteiger charge is -2.05. The van der Waals surface area contributed by atoms with Crippen LogP contribution in [0.1, 0.15) is 22.4 Å². The number of nitrogens with one attached hydrogen (secondary N) is 2. The summed E-state index contributed by atoms with van der Waals surface area (Å²) in [5.41, 5.74) is 4.42. The third-order valence-corrected chi connectivity index (χ3v) is 4.62. The third kappa shape index (κ3) is 4.19. The first-order valence-corrected chi connectivity index (χ1v) is 8.86. The molecule has 0 aliphatic heterocycles. The number of aryl methyl sites for hydroxylation is 2. The second-order valence-electron chi connectivity index (χ2n) is 6.49. The predicted octanol–water partition coefficient (Wildman–Crippen LogP) is 4.30. The van der Waals surface area contributed by atoms with Crippen molar-refractivity contribution in [3.05, 3.63) is 70.7 Å². The average Bonchev–Trinajstić information content (AvgIpc) is 3.01. The van der Waals surface area contributed by atoms with Gasteiger partial charge in [-0.25, -0.2) is 4.39 Å². The van der Waals surface area contributed by atoms with Gasteiger partial charge in [-0.1, -0.05) is 18.2 Å². The molecule has 0 radical (unpaired) electrons. The van der Waals surface area contributed by atoms with Crippen molar-refractivity contribution in [3.8, 4) is 5.75 Å². The van der Waals surface area contributed by atoms with Crippen LogP contribution in [-0.4, -0.2) is 24.5 Å². The number of rotatable bonds is 6. The molecule has 3 aromatic rings. The van der Waals surface area contributed by atoms with Gasteiger partial charge in [-0.15, -0.1) is 0 Å². The highest BCUT2D eigenvalue weighted by Gasteiger charge is 2.13. The van der Waals surface area contributed by atoms with Crippen LogP contribution in [0.2, 0.25) is 0 Å². The Morgan fingerprint density at radius 3 is 2.85 bits per heavy atom. The number of carbonyl (C=O) groups excluding carboxylic acids is 1. The summed E-state index contributed by atoms with van der Waals surface area (Å²) in [7, 11) is 1.61. The van der Waals surface area contributed by atoms with Crippen molar-refractivity contribution in [2.45, 2.75) is 20.3 Å². The summed E-state index contributed by atoms with van der Waals surface area (Å²) in [6.07, 6.45) is 3.88. The Morgan fingerprint density at radius 2 is 2.07 bits per heavy atom. The van der Waals surface area contributed by atoms with Gasteiger partial charge in [0.15, 0.2) is 0 Å². The van der Waals surface area contributed by atoms with Gasteiger partial charge in [-0.2, -0.15) is 0 Å². The van der Waals surface area contributed by atoms with E-state index in [0.29, 0.717) is 18.5 Å². The van der Waals surface area contributed by atoms with E-state index in [1.165, 1.54) is 12.1 Å². The normalized spacial score (nSPS) is 11.3. The highest BCUT2D eigenvalue weighted by Crippen LogP contribution is 2.27. The van der Waals surface area contributed by atoms with Crippen molar-refractivity contribution in [3.63, 3.8) is 0 Å². The molecule has 1 aromatic heterocycles. The Balaban J connectivity index is 1.64. The lowest BCUT2D eigenvalue weighted by Crippen LogP contribution is -2.23. The van der Waals surface area contributed by atoms with Crippen LogP contribution in [-0.2, 0) is 11.2 Å². The van der Waals surface area contributed by atoms with Crippen LogP contribution in [0, 0.1) is 19.7 Å². The Hall–Kier alpha value is -3.08. The fraction of sp³-hybridized carbons (Fsp3) is 0.227. The maximum Gasteiger partial charge on any atom is 0.244 e. The van der Waals surface area contributed by atoms with Gasteiger partial charge < -0.3 is 15.0 Å². The Labute approximate surface area is 158 Å². The van der Waals surface area contributed by atoms with E-state index in [-0.39, 0.29) is 11.7 Å². The minimum Gasteiger partial charge on any atom is -0.497 e. The first-order chi connectivity index (χ1) is 13.0. The van der Waals surface area contributed by atoms with Crippen LogP contribution in [0.3, 0.4) is 0 Å². The van der Waals surface area contributed by atoms with E-state index in [4.69, 9.17) is 4.74 Å². The van der Waals surface area contributed by atoms with Gasteiger partial charge in [0, 0.05) is 23.7 Å². The molecule has 0 fully saturated rings. The summed E-state index contributed by atoms with van der Waals surface area (Å²) in [6, 6.07) is 10.7. The number of aromatic amines is 1. The minimum atomic E-state index is -0.254. The number of methoxy groups -OCH3 is 1. The number of aromatic nitrogens is 1. The van der Waals surface area contributed by atoms with Gasteiger partial charge in [0.2, 0.25) is 5.91 Å². The number of benzene rings is 2. The number of hydrogen-bond acceptors (Lipinski definition) is 2. The SMILES string of the molecule is COc1cccc(C=CC(=O)NCCc2c(C)[nH]c3c(F)ccc(C)c23)c1. The molecule has 0 atom stereocenters. The van der Waals surface area contributed by atoms with Crippen LogP contribution in [0.4, 0.5) is 4.39 Å². The summed E-state index contributed by atoms with van der Waals surface area (Å²) in [5.74, 6) is 0.323. The topological polar surface area (TPSA) is 54.1 Å². The van der Waals surface area contributed by atoms with E-state index in [2.05, 4.69) is 10.3 Å². The molecule has 0 bridgehead atoms. The largest absolute Gasteiger partial charge is 0.497 e. The van der Waals surface area contributed by atoms with E-state index < -0.39 is 0 Å². The molecule has 1 amide bonds. The third-order valence-electron chi connectivity index (χ3n) is 4.62. The van der Waals surface area contributed by atoms with Crippen LogP contribution in [0.15, 0.2) is 42.5 Å². The second-order valence-corrected chi connectivity index (χ2v) is 6.49. The predicted molar refractivity (Wildman–Crippen MR) is 106 cm³/mol. The quantitative estimate of drug-likeness (QED) is 0.639. The smallest absolute Gasteiger partial charge is 0.244 e. The molecule has 0 saturated heterocycles. The molecular weight excluding hydrogens is 343 g/mol. The number of fused-ring (bicyclic) bond motifs is 1. The summed E-state index contributed by atoms with van der Waals surface area (Å²) < 4.78 is 19.2. The standard InChI is InChI=1S/C22H23FN2O2/c1-14-7-9-19(23)22-21(14)18(15(2)25-22)11-12-24-20(26)10-8-16-5-4-6-17(13-16)27-3/h4-10,13,25H,11-12H2,1-3H3,(H,24,26). The van der Waals surface area contributed by atoms with Crippen molar-refractivity contribution < 1.29 is 13.9 Å². The highest BCUT2D eigenvalue weighted by molar-refractivity contribution is 5.92. The molecule has 140 valence electrons. The molecule has 0 unspecified atom stereocenters. The van der Waals surface area contributed by atoms with Crippen molar-refractivity contribution in [1.82, 2.24) is 10.3 Å². The van der Waals surface area contributed by atoms with E-state index in [0.717, 1.165) is 33.5 Å². The van der Waals surface area contributed by atoms with Gasteiger partial charge in [0.1, 0.15) is 11.6 Å². The first-order valence-electron chi connectivity index (χ1n) is 8.86. The van der Waals surface area contributed by atoms with Gasteiger partial charge in [-0.05, 0) is 61.2 Å². The monoisotopic (exact) mass is 366 g/mol. The van der Waals surface area contributed by atoms with E-state index in [9.17, 15) is 9.18 Å². The van der Waals surface area contributed by atoms with Crippen molar-refractivity contribution >= 4 is 22.9 Å². The second kappa shape index (κ2) is 8.08. The zero-order valence-electron chi connectivity index (χ0n) is 15.7. The molecule has 2 N–H and O–H groups in total.